The molecule has 0 fully saturated rings. The lowest BCUT2D eigenvalue weighted by Gasteiger charge is -1.98. The number of carbonyl (C=O) groups excluding carboxylic acids is 1. The topological polar surface area (TPSA) is 64.1 Å². The number of methoxy groups -OCH3 is 1. The molecule has 0 aliphatic rings. The van der Waals surface area contributed by atoms with Crippen LogP contribution in [0, 0.1) is 0 Å². The Morgan fingerprint density at radius 1 is 1.46 bits per heavy atom. The molecule has 1 N–H and O–H groups in total. The molecule has 0 atom stereocenters. The average Bonchev–Trinajstić information content (AvgIpc) is 2.17. The van der Waals surface area contributed by atoms with Crippen molar-refractivity contribution in [3.05, 3.63) is 17.8 Å². The fraction of sp³-hybridized carbons (Fsp3) is 0.286. The first kappa shape index (κ1) is 11.6. The van der Waals surface area contributed by atoms with Crippen LogP contribution in [0.25, 0.3) is 0 Å². The van der Waals surface area contributed by atoms with Crippen molar-refractivity contribution in [2.75, 3.05) is 19.5 Å². The minimum atomic E-state index is -0.481. The molecule has 0 aliphatic heterocycles. The molecule has 72 valence electrons. The van der Waals surface area contributed by atoms with Gasteiger partial charge in [-0.15, -0.1) is 22.6 Å². The number of aromatic nitrogens is 2. The highest BCUT2D eigenvalue weighted by molar-refractivity contribution is 5.86. The average molecular weight is 204 g/mol. The van der Waals surface area contributed by atoms with E-state index in [-0.39, 0.29) is 18.1 Å². The van der Waals surface area contributed by atoms with E-state index in [1.54, 1.807) is 19.2 Å². The number of halogens is 1. The van der Waals surface area contributed by atoms with Crippen molar-refractivity contribution in [2.24, 2.45) is 0 Å². The summed E-state index contributed by atoms with van der Waals surface area (Å²) in [6.07, 6.45) is 0. The third kappa shape index (κ3) is 2.87. The summed E-state index contributed by atoms with van der Waals surface area (Å²) in [4.78, 5) is 10.9. The van der Waals surface area contributed by atoms with Gasteiger partial charge in [-0.2, -0.15) is 0 Å². The van der Waals surface area contributed by atoms with Gasteiger partial charge in [0.25, 0.3) is 0 Å². The molecule has 0 radical (unpaired) electrons. The van der Waals surface area contributed by atoms with Crippen molar-refractivity contribution >= 4 is 24.2 Å². The molecule has 5 nitrogen and oxygen atoms in total. The molecule has 13 heavy (non-hydrogen) atoms. The van der Waals surface area contributed by atoms with Gasteiger partial charge in [0.05, 0.1) is 7.11 Å². The van der Waals surface area contributed by atoms with Crippen LogP contribution < -0.4 is 5.32 Å². The summed E-state index contributed by atoms with van der Waals surface area (Å²) in [6.45, 7) is 0. The van der Waals surface area contributed by atoms with Crippen molar-refractivity contribution in [3.8, 4) is 0 Å². The summed E-state index contributed by atoms with van der Waals surface area (Å²) < 4.78 is 4.45. The predicted molar refractivity (Wildman–Crippen MR) is 50.2 cm³/mol. The molecule has 0 aromatic carbocycles. The highest BCUT2D eigenvalue weighted by Crippen LogP contribution is 2.00. The zero-order valence-electron chi connectivity index (χ0n) is 7.27. The summed E-state index contributed by atoms with van der Waals surface area (Å²) >= 11 is 0. The minimum absolute atomic E-state index is 0. The Labute approximate surface area is 81.9 Å². The number of hydrogen-bond donors (Lipinski definition) is 1. The second kappa shape index (κ2) is 5.31. The summed E-state index contributed by atoms with van der Waals surface area (Å²) in [5.41, 5.74) is 0.205. The zero-order chi connectivity index (χ0) is 8.97. The van der Waals surface area contributed by atoms with E-state index in [9.17, 15) is 4.79 Å². The molecular formula is C7H10ClN3O2. The second-order valence-corrected chi connectivity index (χ2v) is 2.05. The van der Waals surface area contributed by atoms with Crippen molar-refractivity contribution in [1.82, 2.24) is 10.2 Å². The van der Waals surface area contributed by atoms with Crippen LogP contribution in [0.5, 0.6) is 0 Å². The molecule has 0 aliphatic carbocycles. The van der Waals surface area contributed by atoms with Crippen molar-refractivity contribution < 1.29 is 9.53 Å². The van der Waals surface area contributed by atoms with Gasteiger partial charge in [-0.05, 0) is 12.1 Å². The highest BCUT2D eigenvalue weighted by atomic mass is 35.5. The van der Waals surface area contributed by atoms with Crippen molar-refractivity contribution in [2.45, 2.75) is 0 Å². The Balaban J connectivity index is 0.00000144. The van der Waals surface area contributed by atoms with Gasteiger partial charge in [0.1, 0.15) is 5.82 Å². The van der Waals surface area contributed by atoms with Gasteiger partial charge in [-0.3, -0.25) is 0 Å². The number of carbonyl (C=O) groups is 1. The molecule has 0 spiro atoms. The number of nitrogens with one attached hydrogen (secondary N) is 1. The van der Waals surface area contributed by atoms with Gasteiger partial charge in [-0.1, -0.05) is 0 Å². The predicted octanol–water partition coefficient (Wildman–Crippen LogP) is 0.727. The van der Waals surface area contributed by atoms with Gasteiger partial charge in [0.15, 0.2) is 5.69 Å². The Morgan fingerprint density at radius 3 is 2.54 bits per heavy atom. The number of nitrogens with zero attached hydrogens (tertiary/aromatic N) is 2. The van der Waals surface area contributed by atoms with E-state index in [0.717, 1.165) is 0 Å². The normalized spacial score (nSPS) is 8.46. The van der Waals surface area contributed by atoms with Gasteiger partial charge in [0, 0.05) is 7.05 Å². The Kier molecular flexibility index (Phi) is 4.76. The molecule has 0 unspecified atom stereocenters. The van der Waals surface area contributed by atoms with E-state index in [0.29, 0.717) is 5.82 Å². The molecule has 1 aromatic rings. The highest BCUT2D eigenvalue weighted by Gasteiger charge is 2.06. The standard InChI is InChI=1S/C7H9N3O2.ClH/c1-8-6-4-3-5(9-10-6)7(11)12-2;/h3-4H,1-2H3,(H,8,10);1H. The third-order valence-corrected chi connectivity index (χ3v) is 1.32. The van der Waals surface area contributed by atoms with Crippen LogP contribution in [0.2, 0.25) is 0 Å². The first-order valence-corrected chi connectivity index (χ1v) is 3.37. The van der Waals surface area contributed by atoms with Crippen LogP contribution in [0.4, 0.5) is 5.82 Å². The molecule has 1 aromatic heterocycles. The number of rotatable bonds is 2. The van der Waals surface area contributed by atoms with E-state index in [1.165, 1.54) is 7.11 Å². The Morgan fingerprint density at radius 2 is 2.15 bits per heavy atom. The van der Waals surface area contributed by atoms with E-state index in [1.807, 2.05) is 0 Å². The fourth-order valence-corrected chi connectivity index (χ4v) is 0.679. The van der Waals surface area contributed by atoms with E-state index >= 15 is 0 Å². The summed E-state index contributed by atoms with van der Waals surface area (Å²) in [6, 6.07) is 3.20. The number of anilines is 1. The van der Waals surface area contributed by atoms with Gasteiger partial charge >= 0.3 is 5.97 Å². The lowest BCUT2D eigenvalue weighted by molar-refractivity contribution is 0.0593. The fourth-order valence-electron chi connectivity index (χ4n) is 0.679. The third-order valence-electron chi connectivity index (χ3n) is 1.32. The maximum Gasteiger partial charge on any atom is 0.358 e. The zero-order valence-corrected chi connectivity index (χ0v) is 8.09. The molecule has 0 amide bonds. The molecule has 1 rings (SSSR count). The molecular weight excluding hydrogens is 194 g/mol. The van der Waals surface area contributed by atoms with Crippen molar-refractivity contribution in [3.63, 3.8) is 0 Å². The number of esters is 1. The van der Waals surface area contributed by atoms with Gasteiger partial charge in [-0.25, -0.2) is 4.79 Å². The molecule has 1 heterocycles. The minimum Gasteiger partial charge on any atom is -0.464 e. The SMILES string of the molecule is CNc1ccc(C(=O)OC)nn1.Cl. The lowest BCUT2D eigenvalue weighted by Crippen LogP contribution is -2.06. The summed E-state index contributed by atoms with van der Waals surface area (Å²) in [5.74, 6) is 0.132. The van der Waals surface area contributed by atoms with E-state index in [4.69, 9.17) is 0 Å². The van der Waals surface area contributed by atoms with Crippen LogP contribution >= 0.6 is 12.4 Å². The van der Waals surface area contributed by atoms with Gasteiger partial charge < -0.3 is 10.1 Å². The lowest BCUT2D eigenvalue weighted by atomic mass is 10.4. The molecule has 0 bridgehead atoms. The number of ether oxygens (including phenoxy) is 1. The summed E-state index contributed by atoms with van der Waals surface area (Å²) in [5, 5.41) is 10.1. The van der Waals surface area contributed by atoms with Gasteiger partial charge in [0.2, 0.25) is 0 Å². The maximum atomic E-state index is 10.9. The summed E-state index contributed by atoms with van der Waals surface area (Å²) in [7, 11) is 3.03. The Hall–Kier alpha value is -1.36. The van der Waals surface area contributed by atoms with E-state index in [2.05, 4.69) is 20.3 Å². The molecule has 0 saturated carbocycles. The van der Waals surface area contributed by atoms with Crippen LogP contribution in [-0.4, -0.2) is 30.3 Å². The van der Waals surface area contributed by atoms with Crippen LogP contribution in [0.3, 0.4) is 0 Å². The molecule has 0 saturated heterocycles. The first-order chi connectivity index (χ1) is 5.77. The smallest absolute Gasteiger partial charge is 0.358 e. The maximum absolute atomic E-state index is 10.9. The number of hydrogen-bond acceptors (Lipinski definition) is 5. The van der Waals surface area contributed by atoms with E-state index < -0.39 is 5.97 Å². The monoisotopic (exact) mass is 203 g/mol. The van der Waals surface area contributed by atoms with Crippen LogP contribution in [0.15, 0.2) is 12.1 Å². The molecule has 6 heteroatoms. The van der Waals surface area contributed by atoms with Crippen molar-refractivity contribution in [1.29, 1.82) is 0 Å². The largest absolute Gasteiger partial charge is 0.464 e. The first-order valence-electron chi connectivity index (χ1n) is 3.37. The Bertz CT molecular complexity index is 276. The van der Waals surface area contributed by atoms with Crippen LogP contribution in [-0.2, 0) is 4.74 Å². The second-order valence-electron chi connectivity index (χ2n) is 2.05. The quantitative estimate of drug-likeness (QED) is 0.718. The van der Waals surface area contributed by atoms with Crippen LogP contribution in [0.1, 0.15) is 10.5 Å².